The lowest BCUT2D eigenvalue weighted by Crippen LogP contribution is -2.16. The Balaban J connectivity index is 2.17. The van der Waals surface area contributed by atoms with E-state index in [0.29, 0.717) is 28.6 Å². The molecule has 0 atom stereocenters. The largest absolute Gasteiger partial charge is 0.450 e. The van der Waals surface area contributed by atoms with Gasteiger partial charge in [-0.05, 0) is 38.5 Å². The summed E-state index contributed by atoms with van der Waals surface area (Å²) in [4.78, 5) is 28.4. The number of carbonyl (C=O) groups is 2. The number of thiazole rings is 1. The van der Waals surface area contributed by atoms with E-state index >= 15 is 0 Å². The minimum atomic E-state index is -0.521. The Bertz CT molecular complexity index is 697. The van der Waals surface area contributed by atoms with Crippen molar-refractivity contribution in [3.63, 3.8) is 0 Å². The number of nitrogens with zero attached hydrogens (tertiary/aromatic N) is 1. The van der Waals surface area contributed by atoms with E-state index in [2.05, 4.69) is 15.6 Å². The molecule has 1 aromatic heterocycles. The second kappa shape index (κ2) is 7.04. The van der Waals surface area contributed by atoms with Gasteiger partial charge in [0.15, 0.2) is 0 Å². The Labute approximate surface area is 132 Å². The van der Waals surface area contributed by atoms with Gasteiger partial charge in [-0.2, -0.15) is 0 Å². The molecule has 1 heterocycles. The first kappa shape index (κ1) is 16.0. The molecule has 2 rings (SSSR count). The van der Waals surface area contributed by atoms with Crippen molar-refractivity contribution in [1.29, 1.82) is 0 Å². The number of ether oxygens (including phenoxy) is 1. The molecular weight excluding hydrogens is 302 g/mol. The molecule has 0 saturated heterocycles. The Morgan fingerprint density at radius 2 is 1.91 bits per heavy atom. The molecule has 0 bridgehead atoms. The van der Waals surface area contributed by atoms with Crippen LogP contribution < -0.4 is 10.6 Å². The lowest BCUT2D eigenvalue weighted by Gasteiger charge is -2.13. The number of carbonyl (C=O) groups excluding carboxylic acids is 2. The zero-order valence-electron chi connectivity index (χ0n) is 12.6. The van der Waals surface area contributed by atoms with Gasteiger partial charge in [-0.25, -0.2) is 9.78 Å². The molecule has 0 aliphatic rings. The maximum Gasteiger partial charge on any atom is 0.411 e. The average Bonchev–Trinajstić information content (AvgIpc) is 2.90. The topological polar surface area (TPSA) is 80.3 Å². The maximum atomic E-state index is 12.2. The van der Waals surface area contributed by atoms with Crippen LogP contribution in [0.15, 0.2) is 23.7 Å². The molecule has 7 heteroatoms. The summed E-state index contributed by atoms with van der Waals surface area (Å²) in [7, 11) is 0. The average molecular weight is 319 g/mol. The standard InChI is InChI=1S/C15H17N3O3S/c1-4-21-15(20)18-12-7-5-6-11(9(12)2)17-14(19)13-10(3)16-8-22-13/h5-8H,4H2,1-3H3,(H,17,19)(H,18,20). The second-order valence-electron chi connectivity index (χ2n) is 4.54. The van der Waals surface area contributed by atoms with E-state index in [1.165, 1.54) is 11.3 Å². The van der Waals surface area contributed by atoms with E-state index in [1.54, 1.807) is 37.6 Å². The number of hydrogen-bond acceptors (Lipinski definition) is 5. The summed E-state index contributed by atoms with van der Waals surface area (Å²) in [5, 5.41) is 5.49. The molecule has 1 aromatic carbocycles. The summed E-state index contributed by atoms with van der Waals surface area (Å²) in [5.41, 5.74) is 4.31. The Morgan fingerprint density at radius 1 is 1.23 bits per heavy atom. The van der Waals surface area contributed by atoms with Crippen LogP contribution in [0.2, 0.25) is 0 Å². The molecule has 0 saturated carbocycles. The number of amides is 2. The third-order valence-electron chi connectivity index (χ3n) is 3.05. The third-order valence-corrected chi connectivity index (χ3v) is 3.97. The number of rotatable bonds is 4. The highest BCUT2D eigenvalue weighted by atomic mass is 32.1. The van der Waals surface area contributed by atoms with Crippen molar-refractivity contribution >= 4 is 34.7 Å². The van der Waals surface area contributed by atoms with Gasteiger partial charge in [-0.3, -0.25) is 10.1 Å². The summed E-state index contributed by atoms with van der Waals surface area (Å²) in [6.07, 6.45) is -0.521. The quantitative estimate of drug-likeness (QED) is 0.902. The van der Waals surface area contributed by atoms with Crippen molar-refractivity contribution in [3.8, 4) is 0 Å². The van der Waals surface area contributed by atoms with Crippen molar-refractivity contribution in [1.82, 2.24) is 4.98 Å². The van der Waals surface area contributed by atoms with E-state index < -0.39 is 6.09 Å². The zero-order valence-corrected chi connectivity index (χ0v) is 13.4. The van der Waals surface area contributed by atoms with Crippen LogP contribution in [0.5, 0.6) is 0 Å². The first-order valence-corrected chi connectivity index (χ1v) is 7.65. The minimum absolute atomic E-state index is 0.212. The lowest BCUT2D eigenvalue weighted by atomic mass is 10.1. The molecular formula is C15H17N3O3S. The van der Waals surface area contributed by atoms with Gasteiger partial charge in [0, 0.05) is 11.4 Å². The summed E-state index contributed by atoms with van der Waals surface area (Å²) in [6, 6.07) is 5.28. The number of aryl methyl sites for hydroxylation is 1. The smallest absolute Gasteiger partial charge is 0.411 e. The fraction of sp³-hybridized carbons (Fsp3) is 0.267. The third kappa shape index (κ3) is 3.62. The van der Waals surface area contributed by atoms with Gasteiger partial charge in [0.1, 0.15) is 4.88 Å². The van der Waals surface area contributed by atoms with Crippen LogP contribution >= 0.6 is 11.3 Å². The maximum absolute atomic E-state index is 12.2. The van der Waals surface area contributed by atoms with E-state index in [-0.39, 0.29) is 5.91 Å². The van der Waals surface area contributed by atoms with Gasteiger partial charge < -0.3 is 10.1 Å². The number of nitrogens with one attached hydrogen (secondary N) is 2. The number of anilines is 2. The predicted octanol–water partition coefficient (Wildman–Crippen LogP) is 3.58. The van der Waals surface area contributed by atoms with Crippen LogP contribution in [0.4, 0.5) is 16.2 Å². The molecule has 116 valence electrons. The first-order valence-electron chi connectivity index (χ1n) is 6.77. The van der Waals surface area contributed by atoms with Crippen molar-refractivity contribution in [2.24, 2.45) is 0 Å². The van der Waals surface area contributed by atoms with Crippen LogP contribution in [-0.4, -0.2) is 23.6 Å². The molecule has 0 aliphatic heterocycles. The van der Waals surface area contributed by atoms with E-state index in [1.807, 2.05) is 6.92 Å². The van der Waals surface area contributed by atoms with E-state index in [4.69, 9.17) is 4.74 Å². The summed E-state index contributed by atoms with van der Waals surface area (Å²) in [6.45, 7) is 5.64. The van der Waals surface area contributed by atoms with Crippen LogP contribution in [0, 0.1) is 13.8 Å². The van der Waals surface area contributed by atoms with Gasteiger partial charge in [0.25, 0.3) is 5.91 Å². The number of benzene rings is 1. The highest BCUT2D eigenvalue weighted by Crippen LogP contribution is 2.25. The molecule has 6 nitrogen and oxygen atoms in total. The first-order chi connectivity index (χ1) is 10.5. The highest BCUT2D eigenvalue weighted by Gasteiger charge is 2.14. The predicted molar refractivity (Wildman–Crippen MR) is 86.6 cm³/mol. The Hall–Kier alpha value is -2.41. The van der Waals surface area contributed by atoms with Gasteiger partial charge in [0.05, 0.1) is 17.8 Å². The van der Waals surface area contributed by atoms with Crippen molar-refractivity contribution < 1.29 is 14.3 Å². The van der Waals surface area contributed by atoms with Crippen molar-refractivity contribution in [2.75, 3.05) is 17.2 Å². The molecule has 2 aromatic rings. The molecule has 0 radical (unpaired) electrons. The molecule has 0 unspecified atom stereocenters. The summed E-state index contributed by atoms with van der Waals surface area (Å²) >= 11 is 1.29. The molecule has 2 amide bonds. The Morgan fingerprint density at radius 3 is 2.50 bits per heavy atom. The zero-order chi connectivity index (χ0) is 16.1. The number of aromatic nitrogens is 1. The van der Waals surface area contributed by atoms with Crippen LogP contribution in [0.25, 0.3) is 0 Å². The number of hydrogen-bond donors (Lipinski definition) is 2. The Kier molecular flexibility index (Phi) is 5.11. The summed E-state index contributed by atoms with van der Waals surface area (Å²) in [5.74, 6) is -0.212. The van der Waals surface area contributed by atoms with Crippen LogP contribution in [0.3, 0.4) is 0 Å². The monoisotopic (exact) mass is 319 g/mol. The second-order valence-corrected chi connectivity index (χ2v) is 5.40. The lowest BCUT2D eigenvalue weighted by molar-refractivity contribution is 0.102. The van der Waals surface area contributed by atoms with Gasteiger partial charge in [-0.15, -0.1) is 11.3 Å². The molecule has 22 heavy (non-hydrogen) atoms. The molecule has 0 aliphatic carbocycles. The van der Waals surface area contributed by atoms with Gasteiger partial charge in [0.2, 0.25) is 0 Å². The SMILES string of the molecule is CCOC(=O)Nc1cccc(NC(=O)c2scnc2C)c1C. The van der Waals surface area contributed by atoms with Crippen molar-refractivity contribution in [2.45, 2.75) is 20.8 Å². The van der Waals surface area contributed by atoms with Crippen molar-refractivity contribution in [3.05, 3.63) is 39.8 Å². The fourth-order valence-corrected chi connectivity index (χ4v) is 2.58. The molecule has 0 spiro atoms. The fourth-order valence-electron chi connectivity index (χ4n) is 1.88. The molecule has 0 fully saturated rings. The highest BCUT2D eigenvalue weighted by molar-refractivity contribution is 7.12. The van der Waals surface area contributed by atoms with Gasteiger partial charge >= 0.3 is 6.09 Å². The van der Waals surface area contributed by atoms with Gasteiger partial charge in [-0.1, -0.05) is 6.07 Å². The van der Waals surface area contributed by atoms with E-state index in [0.717, 1.165) is 5.56 Å². The minimum Gasteiger partial charge on any atom is -0.450 e. The van der Waals surface area contributed by atoms with Crippen LogP contribution in [0.1, 0.15) is 27.9 Å². The van der Waals surface area contributed by atoms with Crippen LogP contribution in [-0.2, 0) is 4.74 Å². The molecule has 2 N–H and O–H groups in total. The van der Waals surface area contributed by atoms with E-state index in [9.17, 15) is 9.59 Å². The summed E-state index contributed by atoms with van der Waals surface area (Å²) < 4.78 is 4.85. The normalized spacial score (nSPS) is 10.1.